The Labute approximate surface area is 202 Å². The van der Waals surface area contributed by atoms with Gasteiger partial charge in [-0.3, -0.25) is 4.98 Å². The number of benzene rings is 3. The number of pyridine rings is 1. The Hall–Kier alpha value is -4.53. The quantitative estimate of drug-likeness (QED) is 0.202. The van der Waals surface area contributed by atoms with Crippen molar-refractivity contribution < 1.29 is 44.3 Å². The number of nitrogens with zero attached hydrogens (tertiary/aromatic N) is 2. The van der Waals surface area contributed by atoms with Gasteiger partial charge < -0.3 is 4.74 Å². The maximum atomic E-state index is 14.7. The third-order valence-corrected chi connectivity index (χ3v) is 5.06. The van der Waals surface area contributed by atoms with Gasteiger partial charge in [0, 0.05) is 35.0 Å². The van der Waals surface area contributed by atoms with E-state index in [1.165, 1.54) is 12.1 Å². The van der Waals surface area contributed by atoms with E-state index in [0.717, 1.165) is 18.3 Å². The van der Waals surface area contributed by atoms with Crippen molar-refractivity contribution in [3.63, 3.8) is 0 Å². The van der Waals surface area contributed by atoms with Crippen LogP contribution in [0.25, 0.3) is 22.4 Å². The molecule has 0 N–H and O–H groups in total. The van der Waals surface area contributed by atoms with E-state index in [1.54, 1.807) is 6.07 Å². The summed E-state index contributed by atoms with van der Waals surface area (Å²) in [6.45, 7) is 0. The molecule has 188 valence electrons. The molecule has 3 nitrogen and oxygen atoms in total. The summed E-state index contributed by atoms with van der Waals surface area (Å²) in [5.41, 5.74) is -3.47. The number of hydrogen-bond acceptors (Lipinski definition) is 3. The number of nitriles is 1. The molecule has 0 saturated carbocycles. The fraction of sp³-hybridized carbons (Fsp3) is 0.0400. The van der Waals surface area contributed by atoms with Gasteiger partial charge >= 0.3 is 6.11 Å². The van der Waals surface area contributed by atoms with Crippen molar-refractivity contribution >= 4 is 0 Å². The summed E-state index contributed by atoms with van der Waals surface area (Å²) < 4.78 is 131. The van der Waals surface area contributed by atoms with Crippen molar-refractivity contribution in [1.29, 1.82) is 5.26 Å². The minimum atomic E-state index is -4.83. The van der Waals surface area contributed by atoms with Crippen LogP contribution in [0.5, 0.6) is 5.75 Å². The topological polar surface area (TPSA) is 45.9 Å². The molecule has 37 heavy (non-hydrogen) atoms. The van der Waals surface area contributed by atoms with Crippen LogP contribution < -0.4 is 4.74 Å². The van der Waals surface area contributed by atoms with Crippen LogP contribution in [0.15, 0.2) is 54.7 Å². The highest BCUT2D eigenvalue weighted by atomic mass is 19.3. The molecule has 0 aliphatic heterocycles. The lowest BCUT2D eigenvalue weighted by Gasteiger charge is -2.20. The number of alkyl halides is 2. The zero-order valence-corrected chi connectivity index (χ0v) is 17.9. The first-order chi connectivity index (χ1) is 17.4. The van der Waals surface area contributed by atoms with Gasteiger partial charge in [0.1, 0.15) is 40.3 Å². The number of ether oxygens (including phenoxy) is 1. The van der Waals surface area contributed by atoms with Gasteiger partial charge in [-0.2, -0.15) is 14.0 Å². The van der Waals surface area contributed by atoms with Crippen molar-refractivity contribution in [1.82, 2.24) is 4.98 Å². The van der Waals surface area contributed by atoms with Crippen LogP contribution >= 0.6 is 0 Å². The molecular formula is C25H9F9N2O. The summed E-state index contributed by atoms with van der Waals surface area (Å²) in [6, 6.07) is 6.60. The number of rotatable bonds is 5. The smallest absolute Gasteiger partial charge is 0.429 e. The Kier molecular flexibility index (Phi) is 6.56. The molecule has 3 aromatic carbocycles. The van der Waals surface area contributed by atoms with E-state index in [4.69, 9.17) is 5.26 Å². The van der Waals surface area contributed by atoms with Gasteiger partial charge in [0.2, 0.25) is 0 Å². The van der Waals surface area contributed by atoms with Crippen molar-refractivity contribution in [2.45, 2.75) is 6.11 Å². The minimum absolute atomic E-state index is 0.00724. The summed E-state index contributed by atoms with van der Waals surface area (Å²) >= 11 is 0. The van der Waals surface area contributed by atoms with Gasteiger partial charge in [-0.25, -0.2) is 30.7 Å². The summed E-state index contributed by atoms with van der Waals surface area (Å²) in [6.07, 6.45) is -3.87. The molecule has 0 radical (unpaired) electrons. The van der Waals surface area contributed by atoms with Crippen LogP contribution in [0, 0.1) is 52.1 Å². The summed E-state index contributed by atoms with van der Waals surface area (Å²) in [5.74, 6) is -12.9. The van der Waals surface area contributed by atoms with Crippen molar-refractivity contribution in [2.75, 3.05) is 0 Å². The van der Waals surface area contributed by atoms with Crippen LogP contribution in [-0.4, -0.2) is 4.98 Å². The Balaban J connectivity index is 1.68. The zero-order valence-electron chi connectivity index (χ0n) is 17.9. The second kappa shape index (κ2) is 9.50. The SMILES string of the molecule is N#Cc1ccc(-c2cnc(-c3cc(F)c(C(F)(F)Oc4cc(F)c(F)c(F)c4)c(F)c3)c(F)c2)c(F)c1. The van der Waals surface area contributed by atoms with Crippen molar-refractivity contribution in [3.8, 4) is 34.2 Å². The molecule has 0 aliphatic rings. The van der Waals surface area contributed by atoms with E-state index >= 15 is 0 Å². The fourth-order valence-corrected chi connectivity index (χ4v) is 3.39. The van der Waals surface area contributed by atoms with Gasteiger partial charge in [-0.1, -0.05) is 6.07 Å². The van der Waals surface area contributed by atoms with Crippen LogP contribution in [-0.2, 0) is 6.11 Å². The summed E-state index contributed by atoms with van der Waals surface area (Å²) in [5, 5.41) is 8.80. The van der Waals surface area contributed by atoms with E-state index in [9.17, 15) is 39.5 Å². The Morgan fingerprint density at radius 2 is 1.30 bits per heavy atom. The largest absolute Gasteiger partial charge is 0.432 e. The van der Waals surface area contributed by atoms with Crippen LogP contribution in [0.2, 0.25) is 0 Å². The lowest BCUT2D eigenvalue weighted by molar-refractivity contribution is -0.189. The van der Waals surface area contributed by atoms with Crippen LogP contribution in [0.3, 0.4) is 0 Å². The molecule has 0 fully saturated rings. The zero-order chi connectivity index (χ0) is 27.1. The van der Waals surface area contributed by atoms with Crippen LogP contribution in [0.1, 0.15) is 11.1 Å². The highest BCUT2D eigenvalue weighted by Gasteiger charge is 2.41. The second-order valence-electron chi connectivity index (χ2n) is 7.50. The van der Waals surface area contributed by atoms with Crippen LogP contribution in [0.4, 0.5) is 39.5 Å². The fourth-order valence-electron chi connectivity index (χ4n) is 3.39. The third-order valence-electron chi connectivity index (χ3n) is 5.06. The van der Waals surface area contributed by atoms with Gasteiger partial charge in [-0.15, -0.1) is 0 Å². The average Bonchev–Trinajstić information content (AvgIpc) is 2.81. The van der Waals surface area contributed by atoms with Gasteiger partial charge in [-0.05, 0) is 30.3 Å². The van der Waals surface area contributed by atoms with Crippen molar-refractivity contribution in [3.05, 3.63) is 107 Å². The molecule has 4 aromatic rings. The molecule has 0 amide bonds. The molecule has 1 heterocycles. The van der Waals surface area contributed by atoms with Gasteiger partial charge in [0.05, 0.1) is 11.6 Å². The molecule has 0 saturated heterocycles. The third kappa shape index (κ3) is 4.93. The molecule has 0 aliphatic carbocycles. The second-order valence-corrected chi connectivity index (χ2v) is 7.50. The van der Waals surface area contributed by atoms with Gasteiger partial charge in [0.15, 0.2) is 17.5 Å². The maximum absolute atomic E-state index is 14.7. The summed E-state index contributed by atoms with van der Waals surface area (Å²) in [7, 11) is 0. The van der Waals surface area contributed by atoms with E-state index in [2.05, 4.69) is 9.72 Å². The molecule has 0 atom stereocenters. The molecule has 0 unspecified atom stereocenters. The summed E-state index contributed by atoms with van der Waals surface area (Å²) in [4.78, 5) is 3.70. The first-order valence-corrected chi connectivity index (χ1v) is 9.98. The molecule has 0 spiro atoms. The first kappa shape index (κ1) is 25.6. The number of hydrogen-bond donors (Lipinski definition) is 0. The Morgan fingerprint density at radius 3 is 1.84 bits per heavy atom. The highest BCUT2D eigenvalue weighted by Crippen LogP contribution is 2.38. The van der Waals surface area contributed by atoms with E-state index in [0.29, 0.717) is 12.1 Å². The van der Waals surface area contributed by atoms with E-state index < -0.39 is 69.4 Å². The Morgan fingerprint density at radius 1 is 0.703 bits per heavy atom. The van der Waals surface area contributed by atoms with E-state index in [-0.39, 0.29) is 28.8 Å². The predicted octanol–water partition coefficient (Wildman–Crippen LogP) is 7.39. The minimum Gasteiger partial charge on any atom is -0.429 e. The monoisotopic (exact) mass is 524 g/mol. The van der Waals surface area contributed by atoms with Crippen molar-refractivity contribution in [2.24, 2.45) is 0 Å². The lowest BCUT2D eigenvalue weighted by atomic mass is 10.0. The van der Waals surface area contributed by atoms with E-state index in [1.807, 2.05) is 0 Å². The number of halogens is 9. The molecule has 0 bridgehead atoms. The van der Waals surface area contributed by atoms with Gasteiger partial charge in [0.25, 0.3) is 0 Å². The maximum Gasteiger partial charge on any atom is 0.432 e. The highest BCUT2D eigenvalue weighted by molar-refractivity contribution is 5.68. The first-order valence-electron chi connectivity index (χ1n) is 9.98. The molecular weight excluding hydrogens is 515 g/mol. The molecule has 12 heteroatoms. The predicted molar refractivity (Wildman–Crippen MR) is 110 cm³/mol. The standard InChI is InChI=1S/C25H9F9N2O/c26-16-3-11(9-35)1-2-15(16)13-6-21(31)24(36-10-13)12-4-17(27)22(18(28)5-12)25(33,34)37-14-7-19(29)23(32)20(30)8-14/h1-8,10H. The number of aromatic nitrogens is 1. The lowest BCUT2D eigenvalue weighted by Crippen LogP contribution is -2.25. The Bertz CT molecular complexity index is 1540. The molecule has 4 rings (SSSR count). The average molecular weight is 524 g/mol. The normalized spacial score (nSPS) is 11.4. The molecule has 1 aromatic heterocycles.